The van der Waals surface area contributed by atoms with Crippen molar-refractivity contribution in [1.82, 2.24) is 20.0 Å². The number of halogens is 1. The molecule has 3 aromatic carbocycles. The summed E-state index contributed by atoms with van der Waals surface area (Å²) in [5.74, 6) is -0.993. The molecule has 2 bridgehead atoms. The van der Waals surface area contributed by atoms with Crippen LogP contribution in [0.15, 0.2) is 66.7 Å². The Balaban J connectivity index is 1.05. The molecule has 8 rings (SSSR count). The number of amides is 4. The van der Waals surface area contributed by atoms with Gasteiger partial charge in [0.15, 0.2) is 0 Å². The molecule has 1 N–H and O–H groups in total. The summed E-state index contributed by atoms with van der Waals surface area (Å²) in [6, 6.07) is 21.4. The van der Waals surface area contributed by atoms with E-state index in [-0.39, 0.29) is 42.8 Å². The third kappa shape index (κ3) is 4.78. The third-order valence-corrected chi connectivity index (χ3v) is 9.47. The van der Waals surface area contributed by atoms with Gasteiger partial charge in [-0.1, -0.05) is 48.0 Å². The van der Waals surface area contributed by atoms with E-state index >= 15 is 0 Å². The fourth-order valence-electron chi connectivity index (χ4n) is 7.02. The average molecular weight is 583 g/mol. The number of hydrogen-bond donors (Lipinski definition) is 1. The van der Waals surface area contributed by atoms with Crippen molar-refractivity contribution in [3.05, 3.63) is 94.0 Å². The van der Waals surface area contributed by atoms with Gasteiger partial charge in [-0.25, -0.2) is 0 Å². The van der Waals surface area contributed by atoms with E-state index in [2.05, 4.69) is 46.6 Å². The van der Waals surface area contributed by atoms with E-state index in [4.69, 9.17) is 11.6 Å². The number of nitrogens with one attached hydrogen (secondary N) is 1. The quantitative estimate of drug-likeness (QED) is 0.454. The fraction of sp³-hybridized carbons (Fsp3) is 0.333. The Morgan fingerprint density at radius 2 is 1.67 bits per heavy atom. The minimum absolute atomic E-state index is 0.0133. The maximum Gasteiger partial charge on any atom is 0.255 e. The van der Waals surface area contributed by atoms with E-state index in [0.717, 1.165) is 42.1 Å². The zero-order chi connectivity index (χ0) is 29.0. The molecule has 3 unspecified atom stereocenters. The fourth-order valence-corrected chi connectivity index (χ4v) is 7.15. The molecule has 9 heteroatoms. The molecule has 0 radical (unpaired) electrons. The van der Waals surface area contributed by atoms with Gasteiger partial charge in [0.1, 0.15) is 6.04 Å². The van der Waals surface area contributed by atoms with Crippen molar-refractivity contribution < 1.29 is 19.2 Å². The second-order valence-corrected chi connectivity index (χ2v) is 12.1. The standard InChI is InChI=1S/C33H31ClN4O4/c34-24-8-5-20(6-9-24)27-4-2-1-3-22(27)16-36-18-26-11-10-25(36)19-37(26)32(41)21-7-12-28-23(15-21)17-38(33(28)42)29-13-14-30(39)35-31(29)40/h1-9,12,15,25-26,29H,10-11,13-14,16-19H2,(H,35,39,40). The van der Waals surface area contributed by atoms with Gasteiger partial charge in [0.2, 0.25) is 11.8 Å². The smallest absolute Gasteiger partial charge is 0.255 e. The first kappa shape index (κ1) is 26.9. The van der Waals surface area contributed by atoms with Gasteiger partial charge >= 0.3 is 0 Å². The summed E-state index contributed by atoms with van der Waals surface area (Å²) in [7, 11) is 0. The van der Waals surface area contributed by atoms with Crippen LogP contribution in [-0.2, 0) is 22.7 Å². The molecule has 5 aliphatic heterocycles. The molecule has 214 valence electrons. The normalized spacial score (nSPS) is 23.7. The molecular formula is C33H31ClN4O4. The van der Waals surface area contributed by atoms with Crippen LogP contribution >= 0.6 is 11.6 Å². The van der Waals surface area contributed by atoms with Crippen molar-refractivity contribution in [1.29, 1.82) is 0 Å². The number of hydrogen-bond acceptors (Lipinski definition) is 5. The third-order valence-electron chi connectivity index (χ3n) is 9.22. The summed E-state index contributed by atoms with van der Waals surface area (Å²) < 4.78 is 0. The number of carbonyl (C=O) groups is 4. The van der Waals surface area contributed by atoms with Gasteiger partial charge in [-0.3, -0.25) is 29.4 Å². The van der Waals surface area contributed by atoms with Crippen molar-refractivity contribution in [3.8, 4) is 11.1 Å². The second-order valence-electron chi connectivity index (χ2n) is 11.7. The largest absolute Gasteiger partial charge is 0.333 e. The van der Waals surface area contributed by atoms with Crippen LogP contribution in [-0.4, -0.2) is 69.5 Å². The number of piperidine rings is 3. The van der Waals surface area contributed by atoms with Crippen molar-refractivity contribution in [2.24, 2.45) is 0 Å². The lowest BCUT2D eigenvalue weighted by atomic mass is 9.89. The highest BCUT2D eigenvalue weighted by atomic mass is 35.5. The topological polar surface area (TPSA) is 90.0 Å². The molecule has 0 aromatic heterocycles. The van der Waals surface area contributed by atoms with Gasteiger partial charge < -0.3 is 9.80 Å². The first-order chi connectivity index (χ1) is 20.4. The van der Waals surface area contributed by atoms with Gasteiger partial charge in [0.05, 0.1) is 0 Å². The Hall–Kier alpha value is -4.01. The Morgan fingerprint density at radius 3 is 2.43 bits per heavy atom. The van der Waals surface area contributed by atoms with Crippen molar-refractivity contribution in [2.45, 2.75) is 56.9 Å². The van der Waals surface area contributed by atoms with E-state index in [1.807, 2.05) is 23.1 Å². The maximum absolute atomic E-state index is 13.8. The van der Waals surface area contributed by atoms with Gasteiger partial charge in [-0.05, 0) is 71.8 Å². The number of imide groups is 1. The van der Waals surface area contributed by atoms with Crippen LogP contribution in [0.4, 0.5) is 0 Å². The van der Waals surface area contributed by atoms with E-state index in [1.54, 1.807) is 12.1 Å². The zero-order valence-electron chi connectivity index (χ0n) is 23.1. The summed E-state index contributed by atoms with van der Waals surface area (Å²) in [5.41, 5.74) is 5.43. The molecule has 3 atom stereocenters. The summed E-state index contributed by atoms with van der Waals surface area (Å²) in [5, 5.41) is 3.05. The number of piperazine rings is 1. The molecule has 5 aliphatic rings. The van der Waals surface area contributed by atoms with Crippen LogP contribution in [0.2, 0.25) is 5.02 Å². The molecule has 0 spiro atoms. The Labute approximate surface area is 249 Å². The number of nitrogens with zero attached hydrogens (tertiary/aromatic N) is 3. The molecule has 8 nitrogen and oxygen atoms in total. The maximum atomic E-state index is 13.8. The molecule has 4 saturated heterocycles. The van der Waals surface area contributed by atoms with E-state index in [1.165, 1.54) is 16.0 Å². The van der Waals surface area contributed by atoms with E-state index in [9.17, 15) is 19.2 Å². The van der Waals surface area contributed by atoms with Crippen molar-refractivity contribution in [3.63, 3.8) is 0 Å². The highest BCUT2D eigenvalue weighted by molar-refractivity contribution is 6.30. The number of fused-ring (bicyclic) bond motifs is 4. The zero-order valence-corrected chi connectivity index (χ0v) is 23.8. The molecule has 4 amide bonds. The van der Waals surface area contributed by atoms with Crippen LogP contribution in [0.5, 0.6) is 0 Å². The van der Waals surface area contributed by atoms with E-state index in [0.29, 0.717) is 24.1 Å². The van der Waals surface area contributed by atoms with Crippen molar-refractivity contribution in [2.75, 3.05) is 13.1 Å². The van der Waals surface area contributed by atoms with Crippen molar-refractivity contribution >= 4 is 35.2 Å². The summed E-state index contributed by atoms with van der Waals surface area (Å²) in [6.07, 6.45) is 2.55. The molecule has 0 saturated carbocycles. The molecule has 3 aromatic rings. The Bertz CT molecular complexity index is 1610. The van der Waals surface area contributed by atoms with Gasteiger partial charge in [0, 0.05) is 60.8 Å². The lowest BCUT2D eigenvalue weighted by Crippen LogP contribution is -2.63. The average Bonchev–Trinajstić information content (AvgIpc) is 3.33. The van der Waals surface area contributed by atoms with Crippen LogP contribution in [0, 0.1) is 0 Å². The monoisotopic (exact) mass is 582 g/mol. The highest BCUT2D eigenvalue weighted by Gasteiger charge is 2.42. The van der Waals surface area contributed by atoms with Crippen LogP contribution < -0.4 is 5.32 Å². The number of rotatable bonds is 5. The Kier molecular flexibility index (Phi) is 6.83. The van der Waals surface area contributed by atoms with Gasteiger partial charge in [0.25, 0.3) is 11.8 Å². The molecule has 5 heterocycles. The predicted octanol–water partition coefficient (Wildman–Crippen LogP) is 4.26. The summed E-state index contributed by atoms with van der Waals surface area (Å²) in [6.45, 7) is 2.57. The second kappa shape index (κ2) is 10.7. The molecule has 4 fully saturated rings. The SMILES string of the molecule is O=C1CCC(N2Cc3cc(C(=O)N4CC5CCC4CN5Cc4ccccc4-c4ccc(Cl)cc4)ccc3C2=O)C(=O)N1. The highest BCUT2D eigenvalue weighted by Crippen LogP contribution is 2.34. The first-order valence-electron chi connectivity index (χ1n) is 14.5. The summed E-state index contributed by atoms with van der Waals surface area (Å²) >= 11 is 6.12. The van der Waals surface area contributed by atoms with Crippen LogP contribution in [0.1, 0.15) is 57.5 Å². The lowest BCUT2D eigenvalue weighted by Gasteiger charge is -2.51. The summed E-state index contributed by atoms with van der Waals surface area (Å²) in [4.78, 5) is 56.8. The predicted molar refractivity (Wildman–Crippen MR) is 158 cm³/mol. The molecule has 42 heavy (non-hydrogen) atoms. The van der Waals surface area contributed by atoms with E-state index < -0.39 is 11.9 Å². The van der Waals surface area contributed by atoms with Crippen LogP contribution in [0.3, 0.4) is 0 Å². The lowest BCUT2D eigenvalue weighted by molar-refractivity contribution is -0.136. The Morgan fingerprint density at radius 1 is 0.881 bits per heavy atom. The number of carbonyl (C=O) groups excluding carboxylic acids is 4. The molecular weight excluding hydrogens is 552 g/mol. The minimum Gasteiger partial charge on any atom is -0.333 e. The van der Waals surface area contributed by atoms with Crippen LogP contribution in [0.25, 0.3) is 11.1 Å². The molecule has 0 aliphatic carbocycles. The first-order valence-corrected chi connectivity index (χ1v) is 14.9. The van der Waals surface area contributed by atoms with Gasteiger partial charge in [-0.15, -0.1) is 0 Å². The minimum atomic E-state index is -0.671. The number of benzene rings is 3. The van der Waals surface area contributed by atoms with Gasteiger partial charge in [-0.2, -0.15) is 0 Å².